The molecule has 1 atom stereocenters. The minimum absolute atomic E-state index is 0.0953. The van der Waals surface area contributed by atoms with Gasteiger partial charge in [-0.2, -0.15) is 0 Å². The summed E-state index contributed by atoms with van der Waals surface area (Å²) in [4.78, 5) is 29.1. The van der Waals surface area contributed by atoms with Crippen molar-refractivity contribution in [1.29, 1.82) is 0 Å². The highest BCUT2D eigenvalue weighted by Gasteiger charge is 2.31. The normalized spacial score (nSPS) is 19.3. The molecule has 4 nitrogen and oxygen atoms in total. The highest BCUT2D eigenvalue weighted by atomic mass is 32.1. The molecule has 1 aliphatic carbocycles. The summed E-state index contributed by atoms with van der Waals surface area (Å²) in [5.41, 5.74) is 2.54. The number of anilines is 1. The lowest BCUT2D eigenvalue weighted by molar-refractivity contribution is 0.0793. The smallest absolute Gasteiger partial charge is 0.257 e. The quantitative estimate of drug-likeness (QED) is 0.875. The van der Waals surface area contributed by atoms with Crippen LogP contribution in [0.25, 0.3) is 0 Å². The van der Waals surface area contributed by atoms with Crippen LogP contribution in [0, 0.1) is 5.92 Å². The summed E-state index contributed by atoms with van der Waals surface area (Å²) in [6.45, 7) is 3.91. The van der Waals surface area contributed by atoms with Crippen molar-refractivity contribution in [2.75, 3.05) is 18.4 Å². The number of fused-ring (bicyclic) bond motifs is 1. The maximum atomic E-state index is 13.2. The number of hydrogen-bond donors (Lipinski definition) is 1. The van der Waals surface area contributed by atoms with Gasteiger partial charge >= 0.3 is 0 Å². The Labute approximate surface area is 158 Å². The van der Waals surface area contributed by atoms with Gasteiger partial charge in [-0.1, -0.05) is 25.1 Å². The fourth-order valence-electron chi connectivity index (χ4n) is 3.91. The van der Waals surface area contributed by atoms with Crippen LogP contribution in [0.5, 0.6) is 0 Å². The van der Waals surface area contributed by atoms with Crippen molar-refractivity contribution in [2.24, 2.45) is 5.92 Å². The van der Waals surface area contributed by atoms with Crippen molar-refractivity contribution in [1.82, 2.24) is 4.90 Å². The van der Waals surface area contributed by atoms with E-state index in [-0.39, 0.29) is 11.8 Å². The summed E-state index contributed by atoms with van der Waals surface area (Å²) in [6.07, 6.45) is 5.18. The van der Waals surface area contributed by atoms with E-state index in [1.165, 1.54) is 10.4 Å². The number of rotatable bonds is 3. The van der Waals surface area contributed by atoms with Gasteiger partial charge in [-0.15, -0.1) is 11.3 Å². The highest BCUT2D eigenvalue weighted by molar-refractivity contribution is 7.17. The Balaban J connectivity index is 1.68. The topological polar surface area (TPSA) is 49.4 Å². The molecule has 2 heterocycles. The van der Waals surface area contributed by atoms with Crippen molar-refractivity contribution >= 4 is 28.2 Å². The SMILES string of the molecule is C[C@@H]1CCc2c(sc(NC(=O)c3ccccc3)c2C(=O)N2CCCC2)C1. The van der Waals surface area contributed by atoms with Gasteiger partial charge in [-0.05, 0) is 55.7 Å². The van der Waals surface area contributed by atoms with Gasteiger partial charge in [-0.25, -0.2) is 0 Å². The average molecular weight is 369 g/mol. The molecule has 1 fully saturated rings. The van der Waals surface area contributed by atoms with E-state index < -0.39 is 0 Å². The van der Waals surface area contributed by atoms with Gasteiger partial charge in [0.25, 0.3) is 11.8 Å². The zero-order valence-electron chi connectivity index (χ0n) is 15.1. The minimum atomic E-state index is -0.146. The molecule has 0 unspecified atom stereocenters. The summed E-state index contributed by atoms with van der Waals surface area (Å²) in [6, 6.07) is 9.20. The van der Waals surface area contributed by atoms with Gasteiger partial charge < -0.3 is 10.2 Å². The molecule has 0 spiro atoms. The average Bonchev–Trinajstić information content (AvgIpc) is 3.29. The summed E-state index contributed by atoms with van der Waals surface area (Å²) < 4.78 is 0. The summed E-state index contributed by atoms with van der Waals surface area (Å²) in [7, 11) is 0. The van der Waals surface area contributed by atoms with E-state index in [9.17, 15) is 9.59 Å². The molecule has 4 rings (SSSR count). The van der Waals surface area contributed by atoms with Gasteiger partial charge in [0, 0.05) is 23.5 Å². The zero-order chi connectivity index (χ0) is 18.1. The molecule has 2 aromatic rings. The van der Waals surface area contributed by atoms with Gasteiger partial charge in [0.2, 0.25) is 0 Å². The molecular formula is C21H24N2O2S. The first kappa shape index (κ1) is 17.3. The molecule has 5 heteroatoms. The monoisotopic (exact) mass is 368 g/mol. The van der Waals surface area contributed by atoms with E-state index in [2.05, 4.69) is 12.2 Å². The molecule has 0 radical (unpaired) electrons. The lowest BCUT2D eigenvalue weighted by atomic mass is 9.88. The zero-order valence-corrected chi connectivity index (χ0v) is 15.9. The molecule has 1 N–H and O–H groups in total. The number of amides is 2. The summed E-state index contributed by atoms with van der Waals surface area (Å²) in [5.74, 6) is 0.583. The van der Waals surface area contributed by atoms with E-state index in [1.54, 1.807) is 23.5 Å². The predicted molar refractivity (Wildman–Crippen MR) is 105 cm³/mol. The van der Waals surface area contributed by atoms with Crippen molar-refractivity contribution in [3.8, 4) is 0 Å². The second-order valence-electron chi connectivity index (χ2n) is 7.38. The van der Waals surface area contributed by atoms with Crippen molar-refractivity contribution in [2.45, 2.75) is 39.0 Å². The summed E-state index contributed by atoms with van der Waals surface area (Å²) in [5, 5.41) is 3.77. The maximum absolute atomic E-state index is 13.2. The maximum Gasteiger partial charge on any atom is 0.257 e. The molecule has 1 aromatic heterocycles. The molecule has 136 valence electrons. The number of nitrogens with one attached hydrogen (secondary N) is 1. The largest absolute Gasteiger partial charge is 0.339 e. The van der Waals surface area contributed by atoms with Crippen LogP contribution < -0.4 is 5.32 Å². The van der Waals surface area contributed by atoms with Crippen LogP contribution in [-0.2, 0) is 12.8 Å². The van der Waals surface area contributed by atoms with E-state index in [0.717, 1.165) is 55.8 Å². The van der Waals surface area contributed by atoms with Crippen molar-refractivity contribution in [3.05, 3.63) is 51.9 Å². The fraction of sp³-hybridized carbons (Fsp3) is 0.429. The number of hydrogen-bond acceptors (Lipinski definition) is 3. The first-order chi connectivity index (χ1) is 12.6. The second kappa shape index (κ2) is 7.23. The van der Waals surface area contributed by atoms with Crippen LogP contribution in [0.4, 0.5) is 5.00 Å². The molecule has 2 amide bonds. The third-order valence-corrected chi connectivity index (χ3v) is 6.55. The van der Waals surface area contributed by atoms with Gasteiger partial charge in [0.15, 0.2) is 0 Å². The van der Waals surface area contributed by atoms with E-state index >= 15 is 0 Å². The van der Waals surface area contributed by atoms with Crippen molar-refractivity contribution in [3.63, 3.8) is 0 Å². The molecule has 1 saturated heterocycles. The molecule has 1 aromatic carbocycles. The molecule has 2 aliphatic rings. The molecule has 0 bridgehead atoms. The van der Waals surface area contributed by atoms with Crippen LogP contribution >= 0.6 is 11.3 Å². The van der Waals surface area contributed by atoms with Crippen molar-refractivity contribution < 1.29 is 9.59 Å². The Morgan fingerprint density at radius 2 is 1.88 bits per heavy atom. The Bertz CT molecular complexity index is 822. The first-order valence-electron chi connectivity index (χ1n) is 9.43. The number of carbonyl (C=O) groups excluding carboxylic acids is 2. The van der Waals surface area contributed by atoms with E-state index in [1.807, 2.05) is 23.1 Å². The predicted octanol–water partition coefficient (Wildman–Crippen LogP) is 4.36. The molecule has 0 saturated carbocycles. The van der Waals surface area contributed by atoms with Gasteiger partial charge in [0.1, 0.15) is 5.00 Å². The Morgan fingerprint density at radius 3 is 2.62 bits per heavy atom. The van der Waals surface area contributed by atoms with Crippen LogP contribution in [0.15, 0.2) is 30.3 Å². The number of benzene rings is 1. The van der Waals surface area contributed by atoms with Crippen LogP contribution in [0.2, 0.25) is 0 Å². The Kier molecular flexibility index (Phi) is 4.81. The lowest BCUT2D eigenvalue weighted by Crippen LogP contribution is -2.29. The first-order valence-corrected chi connectivity index (χ1v) is 10.3. The number of thiophene rings is 1. The minimum Gasteiger partial charge on any atom is -0.339 e. The Morgan fingerprint density at radius 1 is 1.15 bits per heavy atom. The third-order valence-electron chi connectivity index (χ3n) is 5.38. The fourth-order valence-corrected chi connectivity index (χ4v) is 5.31. The van der Waals surface area contributed by atoms with E-state index in [4.69, 9.17) is 0 Å². The molecular weight excluding hydrogens is 344 g/mol. The highest BCUT2D eigenvalue weighted by Crippen LogP contribution is 2.40. The summed E-state index contributed by atoms with van der Waals surface area (Å²) >= 11 is 1.60. The number of likely N-dealkylation sites (tertiary alicyclic amines) is 1. The molecule has 26 heavy (non-hydrogen) atoms. The number of carbonyl (C=O) groups is 2. The van der Waals surface area contributed by atoms with Gasteiger partial charge in [-0.3, -0.25) is 9.59 Å². The lowest BCUT2D eigenvalue weighted by Gasteiger charge is -2.21. The van der Waals surface area contributed by atoms with E-state index in [0.29, 0.717) is 11.5 Å². The molecule has 1 aliphatic heterocycles. The Hall–Kier alpha value is -2.14. The standard InChI is InChI=1S/C21H24N2O2S/c1-14-9-10-16-17(13-14)26-20(18(16)21(25)23-11-5-6-12-23)22-19(24)15-7-3-2-4-8-15/h2-4,7-8,14H,5-6,9-13H2,1H3,(H,22,24)/t14-/m1/s1. The number of nitrogens with zero attached hydrogens (tertiary/aromatic N) is 1. The van der Waals surface area contributed by atoms with Crippen LogP contribution in [0.1, 0.15) is 57.3 Å². The second-order valence-corrected chi connectivity index (χ2v) is 8.48. The van der Waals surface area contributed by atoms with Gasteiger partial charge in [0.05, 0.1) is 5.56 Å². The van der Waals surface area contributed by atoms with Crippen LogP contribution in [-0.4, -0.2) is 29.8 Å². The van der Waals surface area contributed by atoms with Crippen LogP contribution in [0.3, 0.4) is 0 Å². The third kappa shape index (κ3) is 3.28.